The van der Waals surface area contributed by atoms with E-state index in [9.17, 15) is 4.79 Å². The molecule has 0 aliphatic heterocycles. The second kappa shape index (κ2) is 6.81. The number of urea groups is 1. The van der Waals surface area contributed by atoms with Gasteiger partial charge in [-0.05, 0) is 38.0 Å². The maximum Gasteiger partial charge on any atom is 0.319 e. The fourth-order valence-electron chi connectivity index (χ4n) is 1.70. The van der Waals surface area contributed by atoms with Crippen molar-refractivity contribution in [3.8, 4) is 12.3 Å². The number of terminal acetylenes is 1. The lowest BCUT2D eigenvalue weighted by Gasteiger charge is -2.29. The van der Waals surface area contributed by atoms with Crippen LogP contribution in [0, 0.1) is 12.3 Å². The number of rotatable bonds is 5. The van der Waals surface area contributed by atoms with Crippen LogP contribution in [0.4, 0.5) is 10.5 Å². The zero-order chi connectivity index (χ0) is 14.3. The van der Waals surface area contributed by atoms with E-state index in [1.165, 1.54) is 0 Å². The Labute approximate surface area is 114 Å². The van der Waals surface area contributed by atoms with Crippen LogP contribution in [0.1, 0.15) is 32.3 Å². The number of carbonyl (C=O) groups excluding carboxylic acids is 1. The van der Waals surface area contributed by atoms with E-state index in [2.05, 4.69) is 16.6 Å². The van der Waals surface area contributed by atoms with Crippen molar-refractivity contribution in [1.82, 2.24) is 5.32 Å². The third-order valence-electron chi connectivity index (χ3n) is 3.15. The van der Waals surface area contributed by atoms with Crippen LogP contribution in [0.15, 0.2) is 24.3 Å². The summed E-state index contributed by atoms with van der Waals surface area (Å²) in [5.41, 5.74) is 0.949. The molecule has 0 aliphatic carbocycles. The number of aliphatic hydroxyl groups is 1. The molecule has 1 atom stereocenters. The quantitative estimate of drug-likeness (QED) is 0.712. The van der Waals surface area contributed by atoms with Crippen molar-refractivity contribution < 1.29 is 9.90 Å². The maximum atomic E-state index is 11.9. The van der Waals surface area contributed by atoms with Gasteiger partial charge < -0.3 is 15.7 Å². The van der Waals surface area contributed by atoms with E-state index in [1.807, 2.05) is 13.8 Å². The third kappa shape index (κ3) is 4.65. The summed E-state index contributed by atoms with van der Waals surface area (Å²) in [5.74, 6) is 2.52. The Morgan fingerprint density at radius 3 is 2.84 bits per heavy atom. The lowest BCUT2D eigenvalue weighted by Crippen LogP contribution is -2.48. The lowest BCUT2D eigenvalue weighted by atomic mass is 9.95. The molecule has 3 N–H and O–H groups in total. The SMILES string of the molecule is C#Cc1cccc(NC(=O)NC(C)(CC)CCO)c1. The first kappa shape index (κ1) is 15.1. The molecule has 0 aliphatic rings. The number of amides is 2. The molecule has 2 amide bonds. The van der Waals surface area contributed by atoms with E-state index in [1.54, 1.807) is 24.3 Å². The van der Waals surface area contributed by atoms with Crippen molar-refractivity contribution >= 4 is 11.7 Å². The molecule has 102 valence electrons. The molecule has 4 heteroatoms. The first-order chi connectivity index (χ1) is 9.03. The van der Waals surface area contributed by atoms with Crippen molar-refractivity contribution in [2.24, 2.45) is 0 Å². The molecule has 0 heterocycles. The van der Waals surface area contributed by atoms with Gasteiger partial charge in [-0.15, -0.1) is 6.42 Å². The zero-order valence-corrected chi connectivity index (χ0v) is 11.4. The van der Waals surface area contributed by atoms with Crippen LogP contribution in [0.2, 0.25) is 0 Å². The van der Waals surface area contributed by atoms with Gasteiger partial charge in [-0.2, -0.15) is 0 Å². The average molecular weight is 260 g/mol. The summed E-state index contributed by atoms with van der Waals surface area (Å²) in [6, 6.07) is 6.79. The standard InChI is InChI=1S/C15H20N2O2/c1-4-12-7-6-8-13(11-12)16-14(19)17-15(3,5-2)9-10-18/h1,6-8,11,18H,5,9-10H2,2-3H3,(H2,16,17,19). The average Bonchev–Trinajstić information content (AvgIpc) is 2.39. The second-order valence-corrected chi connectivity index (χ2v) is 4.69. The van der Waals surface area contributed by atoms with Crippen LogP contribution >= 0.6 is 0 Å². The molecule has 0 radical (unpaired) electrons. The molecule has 19 heavy (non-hydrogen) atoms. The summed E-state index contributed by atoms with van der Waals surface area (Å²) in [7, 11) is 0. The zero-order valence-electron chi connectivity index (χ0n) is 11.4. The van der Waals surface area contributed by atoms with Gasteiger partial charge in [-0.3, -0.25) is 0 Å². The Bertz CT molecular complexity index is 479. The van der Waals surface area contributed by atoms with Crippen molar-refractivity contribution in [3.05, 3.63) is 29.8 Å². The van der Waals surface area contributed by atoms with E-state index in [4.69, 9.17) is 11.5 Å². The van der Waals surface area contributed by atoms with Gasteiger partial charge in [0, 0.05) is 23.4 Å². The topological polar surface area (TPSA) is 61.4 Å². The second-order valence-electron chi connectivity index (χ2n) is 4.69. The summed E-state index contributed by atoms with van der Waals surface area (Å²) in [4.78, 5) is 11.9. The first-order valence-electron chi connectivity index (χ1n) is 6.29. The number of benzene rings is 1. The molecule has 0 saturated carbocycles. The van der Waals surface area contributed by atoms with Crippen LogP contribution in [0.25, 0.3) is 0 Å². The Kier molecular flexibility index (Phi) is 5.40. The molecule has 4 nitrogen and oxygen atoms in total. The number of nitrogens with one attached hydrogen (secondary N) is 2. The van der Waals surface area contributed by atoms with Crippen LogP contribution in [-0.2, 0) is 0 Å². The van der Waals surface area contributed by atoms with Crippen LogP contribution in [0.5, 0.6) is 0 Å². The summed E-state index contributed by atoms with van der Waals surface area (Å²) >= 11 is 0. The normalized spacial score (nSPS) is 13.2. The fourth-order valence-corrected chi connectivity index (χ4v) is 1.70. The van der Waals surface area contributed by atoms with Crippen molar-refractivity contribution in [3.63, 3.8) is 0 Å². The van der Waals surface area contributed by atoms with E-state index < -0.39 is 5.54 Å². The van der Waals surface area contributed by atoms with E-state index in [0.29, 0.717) is 17.7 Å². The monoisotopic (exact) mass is 260 g/mol. The first-order valence-corrected chi connectivity index (χ1v) is 6.29. The van der Waals surface area contributed by atoms with Crippen molar-refractivity contribution in [1.29, 1.82) is 0 Å². The molecule has 1 aromatic rings. The van der Waals surface area contributed by atoms with Gasteiger partial charge in [0.15, 0.2) is 0 Å². The van der Waals surface area contributed by atoms with Gasteiger partial charge >= 0.3 is 6.03 Å². The highest BCUT2D eigenvalue weighted by molar-refractivity contribution is 5.89. The highest BCUT2D eigenvalue weighted by Crippen LogP contribution is 2.15. The number of hydrogen-bond donors (Lipinski definition) is 3. The Hall–Kier alpha value is -1.99. The Balaban J connectivity index is 2.67. The van der Waals surface area contributed by atoms with E-state index in [0.717, 1.165) is 6.42 Å². The van der Waals surface area contributed by atoms with Crippen molar-refractivity contribution in [2.75, 3.05) is 11.9 Å². The van der Waals surface area contributed by atoms with Gasteiger partial charge in [-0.25, -0.2) is 4.79 Å². The minimum atomic E-state index is -0.414. The van der Waals surface area contributed by atoms with Gasteiger partial charge in [-0.1, -0.05) is 18.9 Å². The molecule has 0 bridgehead atoms. The number of carbonyl (C=O) groups is 1. The minimum absolute atomic E-state index is 0.0389. The third-order valence-corrected chi connectivity index (χ3v) is 3.15. The molecule has 1 aromatic carbocycles. The lowest BCUT2D eigenvalue weighted by molar-refractivity contribution is 0.208. The molecule has 0 spiro atoms. The Morgan fingerprint density at radius 2 is 2.26 bits per heavy atom. The van der Waals surface area contributed by atoms with E-state index in [-0.39, 0.29) is 12.6 Å². The summed E-state index contributed by atoms with van der Waals surface area (Å²) < 4.78 is 0. The van der Waals surface area contributed by atoms with Gasteiger partial charge in [0.2, 0.25) is 0 Å². The van der Waals surface area contributed by atoms with Crippen molar-refractivity contribution in [2.45, 2.75) is 32.2 Å². The maximum absolute atomic E-state index is 11.9. The largest absolute Gasteiger partial charge is 0.396 e. The highest BCUT2D eigenvalue weighted by atomic mass is 16.3. The van der Waals surface area contributed by atoms with Gasteiger partial charge in [0.05, 0.1) is 0 Å². The minimum Gasteiger partial charge on any atom is -0.396 e. The number of anilines is 1. The highest BCUT2D eigenvalue weighted by Gasteiger charge is 2.23. The van der Waals surface area contributed by atoms with E-state index >= 15 is 0 Å². The van der Waals surface area contributed by atoms with Crippen LogP contribution < -0.4 is 10.6 Å². The molecular formula is C15H20N2O2. The van der Waals surface area contributed by atoms with Gasteiger partial charge in [0.1, 0.15) is 0 Å². The van der Waals surface area contributed by atoms with Gasteiger partial charge in [0.25, 0.3) is 0 Å². The number of aliphatic hydroxyl groups excluding tert-OH is 1. The molecule has 0 fully saturated rings. The van der Waals surface area contributed by atoms with Crippen LogP contribution in [-0.4, -0.2) is 23.3 Å². The predicted molar refractivity (Wildman–Crippen MR) is 76.9 cm³/mol. The Morgan fingerprint density at radius 1 is 1.53 bits per heavy atom. The molecule has 0 aromatic heterocycles. The molecule has 1 rings (SSSR count). The summed E-state index contributed by atoms with van der Waals surface area (Å²) in [5, 5.41) is 14.6. The predicted octanol–water partition coefficient (Wildman–Crippen LogP) is 2.34. The van der Waals surface area contributed by atoms with Crippen LogP contribution in [0.3, 0.4) is 0 Å². The number of hydrogen-bond acceptors (Lipinski definition) is 2. The molecular weight excluding hydrogens is 240 g/mol. The molecule has 0 saturated heterocycles. The smallest absolute Gasteiger partial charge is 0.319 e. The molecule has 1 unspecified atom stereocenters. The summed E-state index contributed by atoms with van der Waals surface area (Å²) in [6.07, 6.45) is 6.56. The summed E-state index contributed by atoms with van der Waals surface area (Å²) in [6.45, 7) is 3.91. The fraction of sp³-hybridized carbons (Fsp3) is 0.400.